The van der Waals surface area contributed by atoms with E-state index < -0.39 is 0 Å². The van der Waals surface area contributed by atoms with E-state index in [1.807, 2.05) is 31.4 Å². The maximum Gasteiger partial charge on any atom is 0.0505 e. The first-order chi connectivity index (χ1) is 3.80. The molecule has 1 aliphatic heterocycles. The van der Waals surface area contributed by atoms with Crippen molar-refractivity contribution in [1.29, 1.82) is 0 Å². The van der Waals surface area contributed by atoms with E-state index in [9.17, 15) is 0 Å². The number of hydrazone groups is 1. The zero-order valence-corrected chi connectivity index (χ0v) is 5.07. The van der Waals surface area contributed by atoms with Gasteiger partial charge in [-0.25, -0.2) is 5.12 Å². The topological polar surface area (TPSA) is 18.8 Å². The van der Waals surface area contributed by atoms with Gasteiger partial charge in [0.15, 0.2) is 0 Å². The minimum Gasteiger partial charge on any atom is -0.280 e. The van der Waals surface area contributed by atoms with Crippen LogP contribution in [-0.2, 0) is 0 Å². The van der Waals surface area contributed by atoms with Gasteiger partial charge in [-0.1, -0.05) is 0 Å². The van der Waals surface area contributed by atoms with Crippen molar-refractivity contribution in [2.45, 2.75) is 0 Å². The molecule has 0 aromatic rings. The number of hydrogen-bond acceptors (Lipinski definition) is 3. The maximum atomic E-state index is 3.96. The number of rotatable bonds is 0. The number of allylic oxidation sites excluding steroid dienone is 1. The van der Waals surface area contributed by atoms with E-state index in [1.165, 1.54) is 0 Å². The van der Waals surface area contributed by atoms with Gasteiger partial charge in [0.05, 0.1) is 6.21 Å². The second kappa shape index (κ2) is 1.86. The summed E-state index contributed by atoms with van der Waals surface area (Å²) in [6.07, 6.45) is 5.58. The molecule has 44 valence electrons. The number of nitrogens with zero attached hydrogens (tertiary/aromatic N) is 3. The van der Waals surface area contributed by atoms with Gasteiger partial charge < -0.3 is 0 Å². The van der Waals surface area contributed by atoms with Gasteiger partial charge >= 0.3 is 0 Å². The van der Waals surface area contributed by atoms with E-state index in [2.05, 4.69) is 5.10 Å². The van der Waals surface area contributed by atoms with Crippen LogP contribution in [0.15, 0.2) is 17.4 Å². The molecule has 0 radical (unpaired) electrons. The first-order valence-electron chi connectivity index (χ1n) is 2.48. The molecule has 1 heterocycles. The Bertz CT molecular complexity index is 112. The van der Waals surface area contributed by atoms with Crippen LogP contribution in [-0.4, -0.2) is 30.4 Å². The summed E-state index contributed by atoms with van der Waals surface area (Å²) in [6, 6.07) is 0. The molecule has 0 bridgehead atoms. The lowest BCUT2D eigenvalue weighted by Crippen LogP contribution is -2.29. The summed E-state index contributed by atoms with van der Waals surface area (Å²) >= 11 is 0. The van der Waals surface area contributed by atoms with Crippen LogP contribution in [0.1, 0.15) is 0 Å². The molecule has 0 unspecified atom stereocenters. The fourth-order valence-corrected chi connectivity index (χ4v) is 0.476. The summed E-state index contributed by atoms with van der Waals surface area (Å²) in [6.45, 7) is 0. The third kappa shape index (κ3) is 0.804. The Kier molecular flexibility index (Phi) is 1.20. The minimum atomic E-state index is 1.75. The van der Waals surface area contributed by atoms with Gasteiger partial charge in [-0.2, -0.15) is 5.10 Å². The second-order valence-electron chi connectivity index (χ2n) is 1.67. The Labute approximate surface area is 48.9 Å². The zero-order chi connectivity index (χ0) is 5.98. The van der Waals surface area contributed by atoms with Crippen molar-refractivity contribution >= 4 is 6.21 Å². The molecule has 0 N–H and O–H groups in total. The zero-order valence-electron chi connectivity index (χ0n) is 5.07. The van der Waals surface area contributed by atoms with E-state index >= 15 is 0 Å². The molecule has 3 heteroatoms. The Balaban J connectivity index is 2.59. The Morgan fingerprint density at radius 3 is 2.50 bits per heavy atom. The van der Waals surface area contributed by atoms with Crippen LogP contribution in [0.5, 0.6) is 0 Å². The van der Waals surface area contributed by atoms with Crippen molar-refractivity contribution in [2.24, 2.45) is 5.10 Å². The highest BCUT2D eigenvalue weighted by atomic mass is 15.8. The molecule has 8 heavy (non-hydrogen) atoms. The summed E-state index contributed by atoms with van der Waals surface area (Å²) in [7, 11) is 3.83. The Morgan fingerprint density at radius 2 is 2.12 bits per heavy atom. The van der Waals surface area contributed by atoms with E-state index in [1.54, 1.807) is 11.3 Å². The van der Waals surface area contributed by atoms with E-state index in [-0.39, 0.29) is 0 Å². The van der Waals surface area contributed by atoms with Crippen LogP contribution in [0.3, 0.4) is 0 Å². The summed E-state index contributed by atoms with van der Waals surface area (Å²) in [4.78, 5) is 0. The monoisotopic (exact) mass is 111 g/mol. The van der Waals surface area contributed by atoms with Crippen molar-refractivity contribution in [2.75, 3.05) is 14.1 Å². The quantitative estimate of drug-likeness (QED) is 0.447. The number of hydrogen-bond donors (Lipinski definition) is 0. The van der Waals surface area contributed by atoms with Crippen molar-refractivity contribution in [1.82, 2.24) is 10.1 Å². The summed E-state index contributed by atoms with van der Waals surface area (Å²) in [5, 5.41) is 7.60. The molecule has 3 nitrogen and oxygen atoms in total. The molecular formula is C5H9N3. The van der Waals surface area contributed by atoms with Crippen molar-refractivity contribution in [3.63, 3.8) is 0 Å². The van der Waals surface area contributed by atoms with Crippen LogP contribution in [0, 0.1) is 0 Å². The molecule has 1 rings (SSSR count). The third-order valence-electron chi connectivity index (χ3n) is 1.08. The molecule has 0 saturated heterocycles. The summed E-state index contributed by atoms with van der Waals surface area (Å²) < 4.78 is 0. The molecule has 0 amide bonds. The van der Waals surface area contributed by atoms with Gasteiger partial charge in [0.25, 0.3) is 0 Å². The normalized spacial score (nSPS) is 17.8. The van der Waals surface area contributed by atoms with Crippen LogP contribution in [0.4, 0.5) is 0 Å². The van der Waals surface area contributed by atoms with Crippen molar-refractivity contribution in [3.8, 4) is 0 Å². The van der Waals surface area contributed by atoms with Crippen molar-refractivity contribution in [3.05, 3.63) is 12.3 Å². The predicted molar refractivity (Wildman–Crippen MR) is 33.2 cm³/mol. The maximum absolute atomic E-state index is 3.96. The van der Waals surface area contributed by atoms with Gasteiger partial charge in [0.2, 0.25) is 0 Å². The SMILES string of the molecule is CN1C=CC=NN1C. The fraction of sp³-hybridized carbons (Fsp3) is 0.400. The fourth-order valence-electron chi connectivity index (χ4n) is 0.476. The Morgan fingerprint density at radius 1 is 1.38 bits per heavy atom. The molecule has 0 aromatic heterocycles. The van der Waals surface area contributed by atoms with Gasteiger partial charge in [-0.3, -0.25) is 5.01 Å². The van der Waals surface area contributed by atoms with Gasteiger partial charge in [-0.05, 0) is 6.08 Å². The largest absolute Gasteiger partial charge is 0.280 e. The van der Waals surface area contributed by atoms with Crippen LogP contribution in [0.2, 0.25) is 0 Å². The highest BCUT2D eigenvalue weighted by Gasteiger charge is 1.96. The minimum absolute atomic E-state index is 1.75. The first-order valence-corrected chi connectivity index (χ1v) is 2.48. The smallest absolute Gasteiger partial charge is 0.0505 e. The molecule has 0 atom stereocenters. The summed E-state index contributed by atoms with van der Waals surface area (Å²) in [5.41, 5.74) is 0. The first kappa shape index (κ1) is 5.15. The standard InChI is InChI=1S/C5H9N3/c1-7-5-3-4-6-8(7)2/h3-5H,1-2H3. The molecule has 0 aromatic carbocycles. The molecule has 0 fully saturated rings. The van der Waals surface area contributed by atoms with Crippen LogP contribution >= 0.6 is 0 Å². The molecular weight excluding hydrogens is 102 g/mol. The Hall–Kier alpha value is -0.990. The van der Waals surface area contributed by atoms with Crippen LogP contribution < -0.4 is 0 Å². The predicted octanol–water partition coefficient (Wildman–Crippen LogP) is 0.278. The van der Waals surface area contributed by atoms with E-state index in [4.69, 9.17) is 0 Å². The highest BCUT2D eigenvalue weighted by molar-refractivity contribution is 5.70. The van der Waals surface area contributed by atoms with Crippen molar-refractivity contribution < 1.29 is 0 Å². The molecule has 0 aliphatic carbocycles. The molecule has 0 spiro atoms. The van der Waals surface area contributed by atoms with E-state index in [0.29, 0.717) is 0 Å². The molecule has 1 aliphatic rings. The van der Waals surface area contributed by atoms with Gasteiger partial charge in [0.1, 0.15) is 0 Å². The lowest BCUT2D eigenvalue weighted by molar-refractivity contribution is 0.0828. The lowest BCUT2D eigenvalue weighted by atomic mass is 10.6. The second-order valence-corrected chi connectivity index (χ2v) is 1.67. The lowest BCUT2D eigenvalue weighted by Gasteiger charge is -2.25. The average Bonchev–Trinajstić information content (AvgIpc) is 1.77. The third-order valence-corrected chi connectivity index (χ3v) is 1.08. The number of hydrazine groups is 1. The molecule has 0 saturated carbocycles. The van der Waals surface area contributed by atoms with Crippen LogP contribution in [0.25, 0.3) is 0 Å². The van der Waals surface area contributed by atoms with Gasteiger partial charge in [0, 0.05) is 20.3 Å². The highest BCUT2D eigenvalue weighted by Crippen LogP contribution is 1.94. The average molecular weight is 111 g/mol. The van der Waals surface area contributed by atoms with E-state index in [0.717, 1.165) is 0 Å². The van der Waals surface area contributed by atoms with Gasteiger partial charge in [-0.15, -0.1) is 0 Å². The summed E-state index contributed by atoms with van der Waals surface area (Å²) in [5.74, 6) is 0.